The standard InChI is InChI=1S/C16H22N6S/c1-4-8-18-16(20-13-17)19-9-10-23-12-15-7-5-6-14(21-15)11-22(2)3/h1,5-7H,8-12H2,2-3H3,(H2,18,19,20). The monoisotopic (exact) mass is 330 g/mol. The topological polar surface area (TPSA) is 76.3 Å². The maximum atomic E-state index is 8.63. The van der Waals surface area contributed by atoms with Crippen LogP contribution in [0.1, 0.15) is 11.4 Å². The predicted molar refractivity (Wildman–Crippen MR) is 95.7 cm³/mol. The Kier molecular flexibility index (Phi) is 9.30. The number of guanidine groups is 1. The van der Waals surface area contributed by atoms with Gasteiger partial charge in [0.05, 0.1) is 24.5 Å². The molecular formula is C16H22N6S. The van der Waals surface area contributed by atoms with Crippen LogP contribution in [0.5, 0.6) is 0 Å². The van der Waals surface area contributed by atoms with Gasteiger partial charge in [0, 0.05) is 18.1 Å². The Bertz CT molecular complexity index is 585. The van der Waals surface area contributed by atoms with E-state index in [1.165, 1.54) is 0 Å². The van der Waals surface area contributed by atoms with Gasteiger partial charge in [0.1, 0.15) is 0 Å². The van der Waals surface area contributed by atoms with Gasteiger partial charge in [-0.15, -0.1) is 6.42 Å². The number of aliphatic imine (C=N–C) groups is 1. The third kappa shape index (κ3) is 8.72. The summed E-state index contributed by atoms with van der Waals surface area (Å²) < 4.78 is 0. The van der Waals surface area contributed by atoms with Crippen LogP contribution in [0.25, 0.3) is 0 Å². The molecule has 0 amide bonds. The molecule has 0 bridgehead atoms. The molecule has 7 heteroatoms. The quantitative estimate of drug-likeness (QED) is 0.185. The summed E-state index contributed by atoms with van der Waals surface area (Å²) >= 11 is 1.76. The fraction of sp³-hybridized carbons (Fsp3) is 0.438. The van der Waals surface area contributed by atoms with E-state index in [0.29, 0.717) is 19.0 Å². The summed E-state index contributed by atoms with van der Waals surface area (Å²) in [5.41, 5.74) is 2.14. The average Bonchev–Trinajstić information content (AvgIpc) is 2.52. The van der Waals surface area contributed by atoms with Crippen LogP contribution in [0.2, 0.25) is 0 Å². The first-order chi connectivity index (χ1) is 11.2. The highest BCUT2D eigenvalue weighted by Crippen LogP contribution is 2.11. The molecule has 0 fully saturated rings. The van der Waals surface area contributed by atoms with Gasteiger partial charge >= 0.3 is 0 Å². The molecule has 0 aliphatic heterocycles. The van der Waals surface area contributed by atoms with Crippen LogP contribution in [0.15, 0.2) is 23.2 Å². The van der Waals surface area contributed by atoms with Gasteiger partial charge < -0.3 is 10.2 Å². The van der Waals surface area contributed by atoms with Crippen LogP contribution in [-0.2, 0) is 12.3 Å². The Hall–Kier alpha value is -2.22. The fourth-order valence-corrected chi connectivity index (χ4v) is 2.48. The lowest BCUT2D eigenvalue weighted by Crippen LogP contribution is -2.34. The third-order valence-corrected chi connectivity index (χ3v) is 3.60. The van der Waals surface area contributed by atoms with Gasteiger partial charge in [-0.05, 0) is 26.2 Å². The number of nitriles is 1. The van der Waals surface area contributed by atoms with Gasteiger partial charge in [-0.1, -0.05) is 12.0 Å². The minimum Gasteiger partial charge on any atom is -0.345 e. The van der Waals surface area contributed by atoms with E-state index >= 15 is 0 Å². The minimum atomic E-state index is 0.337. The molecule has 1 rings (SSSR count). The molecule has 1 aromatic heterocycles. The lowest BCUT2D eigenvalue weighted by Gasteiger charge is -2.09. The summed E-state index contributed by atoms with van der Waals surface area (Å²) in [5, 5.41) is 14.0. The summed E-state index contributed by atoms with van der Waals surface area (Å²) in [6.45, 7) is 1.78. The minimum absolute atomic E-state index is 0.337. The summed E-state index contributed by atoms with van der Waals surface area (Å²) in [7, 11) is 4.06. The second kappa shape index (κ2) is 11.4. The molecule has 0 unspecified atom stereocenters. The SMILES string of the molecule is C#CCNC(=NCCSCc1cccc(CN(C)C)n1)NC#N. The molecule has 2 N–H and O–H groups in total. The zero-order valence-corrected chi connectivity index (χ0v) is 14.4. The number of aromatic nitrogens is 1. The van der Waals surface area contributed by atoms with Crippen LogP contribution in [0, 0.1) is 23.8 Å². The van der Waals surface area contributed by atoms with E-state index in [1.807, 2.05) is 38.5 Å². The number of hydrogen-bond donors (Lipinski definition) is 2. The first kappa shape index (κ1) is 18.8. The van der Waals surface area contributed by atoms with Crippen molar-refractivity contribution in [3.8, 4) is 18.5 Å². The number of hydrogen-bond acceptors (Lipinski definition) is 5. The molecule has 1 heterocycles. The molecular weight excluding hydrogens is 308 g/mol. The van der Waals surface area contributed by atoms with E-state index < -0.39 is 0 Å². The van der Waals surface area contributed by atoms with Crippen molar-refractivity contribution in [2.24, 2.45) is 4.99 Å². The second-order valence-electron chi connectivity index (χ2n) is 4.94. The average molecular weight is 330 g/mol. The largest absolute Gasteiger partial charge is 0.345 e. The summed E-state index contributed by atoms with van der Waals surface area (Å²) in [5.74, 6) is 4.54. The fourth-order valence-electron chi connectivity index (χ4n) is 1.75. The Morgan fingerprint density at radius 3 is 2.91 bits per heavy atom. The van der Waals surface area contributed by atoms with E-state index in [9.17, 15) is 0 Å². The molecule has 0 saturated carbocycles. The molecule has 23 heavy (non-hydrogen) atoms. The van der Waals surface area contributed by atoms with Gasteiger partial charge in [-0.3, -0.25) is 15.3 Å². The van der Waals surface area contributed by atoms with Crippen LogP contribution in [0.3, 0.4) is 0 Å². The van der Waals surface area contributed by atoms with Crippen molar-refractivity contribution in [2.75, 3.05) is 32.9 Å². The molecule has 6 nitrogen and oxygen atoms in total. The molecule has 122 valence electrons. The van der Waals surface area contributed by atoms with Crippen LogP contribution >= 0.6 is 11.8 Å². The normalized spacial score (nSPS) is 10.9. The molecule has 0 aliphatic carbocycles. The smallest absolute Gasteiger partial charge is 0.205 e. The van der Waals surface area contributed by atoms with E-state index in [4.69, 9.17) is 11.7 Å². The number of thioether (sulfide) groups is 1. The molecule has 0 aromatic carbocycles. The summed E-state index contributed by atoms with van der Waals surface area (Å²) in [4.78, 5) is 11.0. The molecule has 0 saturated heterocycles. The maximum Gasteiger partial charge on any atom is 0.205 e. The zero-order valence-electron chi connectivity index (χ0n) is 13.5. The van der Waals surface area contributed by atoms with Crippen molar-refractivity contribution in [2.45, 2.75) is 12.3 Å². The highest BCUT2D eigenvalue weighted by atomic mass is 32.2. The van der Waals surface area contributed by atoms with E-state index in [2.05, 4.69) is 31.4 Å². The lowest BCUT2D eigenvalue weighted by atomic mass is 10.3. The third-order valence-electron chi connectivity index (χ3n) is 2.63. The van der Waals surface area contributed by atoms with E-state index in [0.717, 1.165) is 29.4 Å². The Labute approximate surface area is 142 Å². The molecule has 1 aromatic rings. The van der Waals surface area contributed by atoms with Crippen molar-refractivity contribution >= 4 is 17.7 Å². The van der Waals surface area contributed by atoms with Crippen LogP contribution in [0.4, 0.5) is 0 Å². The molecule has 0 radical (unpaired) electrons. The van der Waals surface area contributed by atoms with Crippen molar-refractivity contribution in [3.63, 3.8) is 0 Å². The van der Waals surface area contributed by atoms with Gasteiger partial charge in [-0.2, -0.15) is 17.0 Å². The molecule has 0 aliphatic rings. The number of terminal acetylenes is 1. The summed E-state index contributed by atoms with van der Waals surface area (Å²) in [6, 6.07) is 6.11. The number of pyridine rings is 1. The Morgan fingerprint density at radius 2 is 2.22 bits per heavy atom. The summed E-state index contributed by atoms with van der Waals surface area (Å²) in [6.07, 6.45) is 7.00. The lowest BCUT2D eigenvalue weighted by molar-refractivity contribution is 0.396. The first-order valence-electron chi connectivity index (χ1n) is 7.20. The highest BCUT2D eigenvalue weighted by molar-refractivity contribution is 7.98. The first-order valence-corrected chi connectivity index (χ1v) is 8.35. The molecule has 0 atom stereocenters. The van der Waals surface area contributed by atoms with Gasteiger partial charge in [-0.25, -0.2) is 0 Å². The van der Waals surface area contributed by atoms with Crippen molar-refractivity contribution in [1.82, 2.24) is 20.5 Å². The maximum absolute atomic E-state index is 8.63. The van der Waals surface area contributed by atoms with Gasteiger partial charge in [0.15, 0.2) is 6.19 Å². The van der Waals surface area contributed by atoms with Crippen LogP contribution in [-0.4, -0.2) is 48.8 Å². The van der Waals surface area contributed by atoms with Gasteiger partial charge in [0.2, 0.25) is 5.96 Å². The van der Waals surface area contributed by atoms with Crippen molar-refractivity contribution in [3.05, 3.63) is 29.6 Å². The number of nitrogens with one attached hydrogen (secondary N) is 2. The van der Waals surface area contributed by atoms with E-state index in [1.54, 1.807) is 11.8 Å². The van der Waals surface area contributed by atoms with Crippen molar-refractivity contribution in [1.29, 1.82) is 5.26 Å². The molecule has 0 spiro atoms. The second-order valence-corrected chi connectivity index (χ2v) is 6.04. The number of nitrogens with zero attached hydrogens (tertiary/aromatic N) is 4. The van der Waals surface area contributed by atoms with E-state index in [-0.39, 0.29) is 0 Å². The Balaban J connectivity index is 2.36. The number of rotatable bonds is 8. The zero-order chi connectivity index (χ0) is 16.9. The van der Waals surface area contributed by atoms with Crippen molar-refractivity contribution < 1.29 is 0 Å². The highest BCUT2D eigenvalue weighted by Gasteiger charge is 2.00. The van der Waals surface area contributed by atoms with Gasteiger partial charge in [0.25, 0.3) is 0 Å². The van der Waals surface area contributed by atoms with Crippen LogP contribution < -0.4 is 10.6 Å². The predicted octanol–water partition coefficient (Wildman–Crippen LogP) is 1.03. The Morgan fingerprint density at radius 1 is 1.43 bits per heavy atom.